The lowest BCUT2D eigenvalue weighted by molar-refractivity contribution is -0.115. The minimum absolute atomic E-state index is 0. The van der Waals surface area contributed by atoms with Gasteiger partial charge in [0.2, 0.25) is 5.91 Å². The van der Waals surface area contributed by atoms with Crippen molar-refractivity contribution in [2.75, 3.05) is 0 Å². The molecule has 4 N–H and O–H groups in total. The minimum atomic E-state index is -0.333. The molecule has 0 fully saturated rings. The molecule has 0 aliphatic heterocycles. The summed E-state index contributed by atoms with van der Waals surface area (Å²) in [6, 6.07) is 0. The van der Waals surface area contributed by atoms with Gasteiger partial charge in [0.1, 0.15) is 0 Å². The number of carbonyl (C=O) groups excluding carboxylic acids is 1. The lowest BCUT2D eigenvalue weighted by atomic mass is 10.8. The summed E-state index contributed by atoms with van der Waals surface area (Å²) in [5.74, 6) is -0.333. The van der Waals surface area contributed by atoms with Crippen LogP contribution >= 0.6 is 12.4 Å². The molecule has 6 nitrogen and oxygen atoms in total. The molecular formula is C8H14ClN5O. The second-order valence-corrected chi connectivity index (χ2v) is 2.13. The average Bonchev–Trinajstić information content (AvgIpc) is 2.83. The van der Waals surface area contributed by atoms with Crippen LogP contribution in [0.25, 0.3) is 0 Å². The topological polar surface area (TPSA) is 100 Å². The van der Waals surface area contributed by atoms with Crippen LogP contribution in [0.3, 0.4) is 0 Å². The van der Waals surface area contributed by atoms with Crippen molar-refractivity contribution in [2.24, 2.45) is 5.73 Å². The number of nitrogens with one attached hydrogen (secondary N) is 2. The molecule has 0 aliphatic rings. The highest BCUT2D eigenvalue weighted by molar-refractivity contribution is 5.85. The summed E-state index contributed by atoms with van der Waals surface area (Å²) in [6.45, 7) is 1.31. The number of rotatable bonds is 0. The van der Waals surface area contributed by atoms with Gasteiger partial charge in [-0.2, -0.15) is 0 Å². The molecule has 15 heavy (non-hydrogen) atoms. The second kappa shape index (κ2) is 12.2. The molecule has 1 amide bonds. The van der Waals surface area contributed by atoms with E-state index in [1.54, 1.807) is 37.4 Å². The van der Waals surface area contributed by atoms with E-state index in [0.29, 0.717) is 0 Å². The zero-order valence-electron chi connectivity index (χ0n) is 8.25. The van der Waals surface area contributed by atoms with E-state index >= 15 is 0 Å². The van der Waals surface area contributed by atoms with Gasteiger partial charge in [-0.25, -0.2) is 9.97 Å². The molecule has 0 spiro atoms. The van der Waals surface area contributed by atoms with Crippen molar-refractivity contribution in [3.8, 4) is 0 Å². The molecule has 0 radical (unpaired) electrons. The zero-order chi connectivity index (χ0) is 10.6. The van der Waals surface area contributed by atoms with E-state index in [-0.39, 0.29) is 18.3 Å². The Kier molecular flexibility index (Phi) is 12.7. The normalized spacial score (nSPS) is 7.00. The van der Waals surface area contributed by atoms with Gasteiger partial charge in [0.25, 0.3) is 0 Å². The maximum absolute atomic E-state index is 9.22. The van der Waals surface area contributed by atoms with Gasteiger partial charge in [0.15, 0.2) is 0 Å². The van der Waals surface area contributed by atoms with Crippen molar-refractivity contribution >= 4 is 18.3 Å². The van der Waals surface area contributed by atoms with Gasteiger partial charge in [0, 0.05) is 31.7 Å². The Balaban J connectivity index is 0. The molecule has 84 valence electrons. The summed E-state index contributed by atoms with van der Waals surface area (Å²) < 4.78 is 0. The van der Waals surface area contributed by atoms with Gasteiger partial charge in [-0.15, -0.1) is 12.4 Å². The van der Waals surface area contributed by atoms with E-state index in [1.165, 1.54) is 6.92 Å². The molecule has 7 heteroatoms. The van der Waals surface area contributed by atoms with E-state index in [0.717, 1.165) is 0 Å². The summed E-state index contributed by atoms with van der Waals surface area (Å²) >= 11 is 0. The number of hydrogen-bond donors (Lipinski definition) is 3. The monoisotopic (exact) mass is 231 g/mol. The van der Waals surface area contributed by atoms with E-state index in [9.17, 15) is 4.79 Å². The Morgan fingerprint density at radius 3 is 1.53 bits per heavy atom. The first-order valence-electron chi connectivity index (χ1n) is 3.85. The number of imidazole rings is 2. The predicted molar refractivity (Wildman–Crippen MR) is 59.3 cm³/mol. The molecule has 0 bridgehead atoms. The van der Waals surface area contributed by atoms with Crippen molar-refractivity contribution in [3.63, 3.8) is 0 Å². The standard InChI is InChI=1S/2C3H4N2.C2H5NO.ClH/c2*1-2-5-3-4-1;1-2(3)4;/h2*1-3H,(H,4,5);1H3,(H2,3,4);1H. The lowest BCUT2D eigenvalue weighted by Gasteiger charge is -1.60. The molecule has 0 aromatic carbocycles. The van der Waals surface area contributed by atoms with Crippen LogP contribution < -0.4 is 5.73 Å². The van der Waals surface area contributed by atoms with Crippen LogP contribution in [0.4, 0.5) is 0 Å². The van der Waals surface area contributed by atoms with Gasteiger partial charge in [0.05, 0.1) is 12.7 Å². The molecular weight excluding hydrogens is 218 g/mol. The van der Waals surface area contributed by atoms with Crippen molar-refractivity contribution in [1.29, 1.82) is 0 Å². The Labute approximate surface area is 93.7 Å². The van der Waals surface area contributed by atoms with Gasteiger partial charge in [-0.05, 0) is 0 Å². The van der Waals surface area contributed by atoms with E-state index in [4.69, 9.17) is 0 Å². The highest BCUT2D eigenvalue weighted by atomic mass is 35.5. The first-order chi connectivity index (χ1) is 6.73. The van der Waals surface area contributed by atoms with Crippen molar-refractivity contribution in [2.45, 2.75) is 6.92 Å². The third-order valence-electron chi connectivity index (χ3n) is 0.812. The van der Waals surface area contributed by atoms with Crippen LogP contribution in [-0.4, -0.2) is 25.8 Å². The van der Waals surface area contributed by atoms with Crippen LogP contribution in [0.2, 0.25) is 0 Å². The van der Waals surface area contributed by atoms with Crippen molar-refractivity contribution in [3.05, 3.63) is 37.4 Å². The summed E-state index contributed by atoms with van der Waals surface area (Å²) in [5.41, 5.74) is 4.47. The number of nitrogens with two attached hydrogens (primary N) is 1. The number of nitrogens with zero attached hydrogens (tertiary/aromatic N) is 2. The quantitative estimate of drug-likeness (QED) is 0.623. The molecule has 0 atom stereocenters. The number of halogens is 1. The second-order valence-electron chi connectivity index (χ2n) is 2.13. The van der Waals surface area contributed by atoms with Gasteiger partial charge in [-0.1, -0.05) is 0 Å². The molecule has 0 aliphatic carbocycles. The zero-order valence-corrected chi connectivity index (χ0v) is 9.07. The van der Waals surface area contributed by atoms with E-state index in [2.05, 4.69) is 25.7 Å². The number of amides is 1. The summed E-state index contributed by atoms with van der Waals surface area (Å²) in [4.78, 5) is 22.1. The smallest absolute Gasteiger partial charge is 0.214 e. The molecule has 0 saturated carbocycles. The summed E-state index contributed by atoms with van der Waals surface area (Å²) in [5, 5.41) is 0. The fourth-order valence-electron chi connectivity index (χ4n) is 0.430. The molecule has 2 heterocycles. The Morgan fingerprint density at radius 2 is 1.47 bits per heavy atom. The number of carbonyl (C=O) groups is 1. The molecule has 0 saturated heterocycles. The first-order valence-corrected chi connectivity index (χ1v) is 3.85. The number of hydrogen-bond acceptors (Lipinski definition) is 3. The van der Waals surface area contributed by atoms with Gasteiger partial charge >= 0.3 is 0 Å². The Morgan fingerprint density at radius 1 is 1.13 bits per heavy atom. The number of primary amides is 1. The lowest BCUT2D eigenvalue weighted by Crippen LogP contribution is -2.01. The van der Waals surface area contributed by atoms with Crippen molar-refractivity contribution in [1.82, 2.24) is 19.9 Å². The summed E-state index contributed by atoms with van der Waals surface area (Å²) in [6.07, 6.45) is 10.2. The maximum Gasteiger partial charge on any atom is 0.214 e. The Bertz CT molecular complexity index is 230. The minimum Gasteiger partial charge on any atom is -0.370 e. The summed E-state index contributed by atoms with van der Waals surface area (Å²) in [7, 11) is 0. The fourth-order valence-corrected chi connectivity index (χ4v) is 0.430. The number of aromatic amines is 2. The third kappa shape index (κ3) is 18.9. The van der Waals surface area contributed by atoms with Gasteiger partial charge < -0.3 is 15.7 Å². The van der Waals surface area contributed by atoms with Gasteiger partial charge in [-0.3, -0.25) is 4.79 Å². The molecule has 2 rings (SSSR count). The SMILES string of the molecule is CC(N)=O.Cl.c1c[nH]cn1.c1c[nH]cn1. The van der Waals surface area contributed by atoms with Crippen LogP contribution in [0, 0.1) is 0 Å². The molecule has 2 aromatic rings. The largest absolute Gasteiger partial charge is 0.370 e. The number of aromatic nitrogens is 4. The van der Waals surface area contributed by atoms with Crippen molar-refractivity contribution < 1.29 is 4.79 Å². The molecule has 0 unspecified atom stereocenters. The first kappa shape index (κ1) is 15.6. The third-order valence-corrected chi connectivity index (χ3v) is 0.812. The van der Waals surface area contributed by atoms with E-state index in [1.807, 2.05) is 0 Å². The Hall–Kier alpha value is -1.82. The van der Waals surface area contributed by atoms with Crippen LogP contribution in [0.1, 0.15) is 6.92 Å². The highest BCUT2D eigenvalue weighted by Gasteiger charge is 1.61. The maximum atomic E-state index is 9.22. The highest BCUT2D eigenvalue weighted by Crippen LogP contribution is 1.63. The fraction of sp³-hybridized carbons (Fsp3) is 0.125. The number of H-pyrrole nitrogens is 2. The van der Waals surface area contributed by atoms with Crippen LogP contribution in [0.5, 0.6) is 0 Å². The average molecular weight is 232 g/mol. The van der Waals surface area contributed by atoms with Crippen LogP contribution in [-0.2, 0) is 4.79 Å². The van der Waals surface area contributed by atoms with E-state index < -0.39 is 0 Å². The van der Waals surface area contributed by atoms with Crippen LogP contribution in [0.15, 0.2) is 37.4 Å². The molecule has 2 aromatic heterocycles. The predicted octanol–water partition coefficient (Wildman–Crippen LogP) is 0.733.